The summed E-state index contributed by atoms with van der Waals surface area (Å²) in [4.78, 5) is 17.7. The van der Waals surface area contributed by atoms with Crippen molar-refractivity contribution in [2.75, 3.05) is 46.5 Å². The Hall–Kier alpha value is -1.99. The number of rotatable bonds is 5. The number of benzene rings is 1. The van der Waals surface area contributed by atoms with E-state index in [-0.39, 0.29) is 11.6 Å². The summed E-state index contributed by atoms with van der Waals surface area (Å²) in [7, 11) is 1.42. The molecule has 2 N–H and O–H groups in total. The number of quaternary nitrogens is 1. The number of ether oxygens (including phenoxy) is 2. The van der Waals surface area contributed by atoms with Crippen molar-refractivity contribution in [2.45, 2.75) is 6.42 Å². The lowest BCUT2D eigenvalue weighted by molar-refractivity contribution is -0.908. The van der Waals surface area contributed by atoms with Gasteiger partial charge in [0.2, 0.25) is 0 Å². The van der Waals surface area contributed by atoms with Crippen molar-refractivity contribution in [3.05, 3.63) is 35.6 Å². The molecule has 1 amide bonds. The van der Waals surface area contributed by atoms with Gasteiger partial charge in [0.1, 0.15) is 18.9 Å². The number of halogens is 1. The maximum Gasteiger partial charge on any atom is 0.291 e. The Bertz CT molecular complexity index is 545. The molecule has 1 fully saturated rings. The molecule has 0 saturated carbocycles. The Morgan fingerprint density at radius 2 is 2.13 bits per heavy atom. The average Bonchev–Trinajstić information content (AvgIpc) is 2.58. The van der Waals surface area contributed by atoms with Crippen LogP contribution in [0.1, 0.15) is 16.8 Å². The van der Waals surface area contributed by atoms with Crippen LogP contribution in [0.15, 0.2) is 29.3 Å². The molecule has 0 unspecified atom stereocenters. The Morgan fingerprint density at radius 1 is 1.39 bits per heavy atom. The van der Waals surface area contributed by atoms with Gasteiger partial charge in [0.15, 0.2) is 0 Å². The molecular formula is C16H23FN3O3+. The molecule has 0 bridgehead atoms. The molecule has 1 aromatic carbocycles. The fraction of sp³-hybridized carbons (Fsp3) is 0.500. The van der Waals surface area contributed by atoms with E-state index in [9.17, 15) is 9.18 Å². The van der Waals surface area contributed by atoms with Gasteiger partial charge in [0.25, 0.3) is 11.9 Å². The number of amidine groups is 1. The Balaban J connectivity index is 1.79. The molecule has 6 nitrogen and oxygen atoms in total. The zero-order chi connectivity index (χ0) is 16.5. The van der Waals surface area contributed by atoms with Gasteiger partial charge in [-0.1, -0.05) is 12.1 Å². The molecule has 0 aromatic heterocycles. The van der Waals surface area contributed by atoms with Crippen LogP contribution in [-0.2, 0) is 9.47 Å². The minimum atomic E-state index is -0.573. The van der Waals surface area contributed by atoms with Crippen molar-refractivity contribution < 1.29 is 23.6 Å². The van der Waals surface area contributed by atoms with Gasteiger partial charge in [0.05, 0.1) is 32.4 Å². The number of amides is 1. The van der Waals surface area contributed by atoms with Crippen LogP contribution < -0.4 is 10.2 Å². The molecule has 0 radical (unpaired) electrons. The van der Waals surface area contributed by atoms with Crippen LogP contribution in [0.5, 0.6) is 0 Å². The number of nitrogens with one attached hydrogen (secondary N) is 2. The van der Waals surface area contributed by atoms with E-state index >= 15 is 0 Å². The highest BCUT2D eigenvalue weighted by Crippen LogP contribution is 2.05. The minimum Gasteiger partial charge on any atom is -0.468 e. The number of hydrogen-bond acceptors (Lipinski definition) is 4. The normalized spacial score (nSPS) is 16.2. The van der Waals surface area contributed by atoms with Gasteiger partial charge in [-0.25, -0.2) is 9.38 Å². The van der Waals surface area contributed by atoms with E-state index in [4.69, 9.17) is 9.47 Å². The molecule has 7 heteroatoms. The lowest BCUT2D eigenvalue weighted by Crippen LogP contribution is -3.14. The molecule has 0 atom stereocenters. The summed E-state index contributed by atoms with van der Waals surface area (Å²) in [5, 5.41) is 2.48. The predicted octanol–water partition coefficient (Wildman–Crippen LogP) is -0.137. The van der Waals surface area contributed by atoms with E-state index in [0.717, 1.165) is 39.3 Å². The fourth-order valence-electron chi connectivity index (χ4n) is 2.38. The van der Waals surface area contributed by atoms with Crippen molar-refractivity contribution in [1.29, 1.82) is 0 Å². The molecule has 2 rings (SSSR count). The van der Waals surface area contributed by atoms with Gasteiger partial charge < -0.3 is 14.4 Å². The van der Waals surface area contributed by atoms with Crippen LogP contribution in [0.25, 0.3) is 0 Å². The molecule has 1 aromatic rings. The highest BCUT2D eigenvalue weighted by atomic mass is 19.1. The number of morpholine rings is 1. The first-order valence-electron chi connectivity index (χ1n) is 7.76. The fourth-order valence-corrected chi connectivity index (χ4v) is 2.38. The maximum atomic E-state index is 13.6. The lowest BCUT2D eigenvalue weighted by Gasteiger charge is -2.23. The first kappa shape index (κ1) is 17.4. The van der Waals surface area contributed by atoms with Crippen molar-refractivity contribution in [3.63, 3.8) is 0 Å². The van der Waals surface area contributed by atoms with Gasteiger partial charge in [-0.3, -0.25) is 10.1 Å². The number of hydrogen-bond donors (Lipinski definition) is 2. The molecule has 1 aliphatic rings. The van der Waals surface area contributed by atoms with Crippen LogP contribution in [-0.4, -0.2) is 58.4 Å². The predicted molar refractivity (Wildman–Crippen MR) is 84.2 cm³/mol. The van der Waals surface area contributed by atoms with Crippen LogP contribution in [0.3, 0.4) is 0 Å². The van der Waals surface area contributed by atoms with E-state index in [1.807, 2.05) is 0 Å². The third kappa shape index (κ3) is 5.61. The third-order valence-electron chi connectivity index (χ3n) is 3.68. The van der Waals surface area contributed by atoms with Crippen LogP contribution >= 0.6 is 0 Å². The Morgan fingerprint density at radius 3 is 2.83 bits per heavy atom. The molecule has 0 spiro atoms. The monoisotopic (exact) mass is 324 g/mol. The van der Waals surface area contributed by atoms with E-state index < -0.39 is 11.7 Å². The first-order valence-corrected chi connectivity index (χ1v) is 7.76. The summed E-state index contributed by atoms with van der Waals surface area (Å²) in [5.41, 5.74) is -0.0324. The molecule has 23 heavy (non-hydrogen) atoms. The van der Waals surface area contributed by atoms with E-state index in [1.165, 1.54) is 30.2 Å². The standard InChI is InChI=1S/C16H22FN3O3/c1-22-16(18-7-4-8-20-9-11-23-12-10-20)19-15(21)13-5-2-3-6-14(13)17/h2-3,5-6H,4,7-12H2,1H3,(H,18,19,21)/p+1. The van der Waals surface area contributed by atoms with Crippen LogP contribution in [0.4, 0.5) is 4.39 Å². The van der Waals surface area contributed by atoms with Gasteiger partial charge in [-0.05, 0) is 12.1 Å². The van der Waals surface area contributed by atoms with Crippen molar-refractivity contribution in [2.24, 2.45) is 4.99 Å². The minimum absolute atomic E-state index is 0.0324. The van der Waals surface area contributed by atoms with Crippen molar-refractivity contribution in [1.82, 2.24) is 5.32 Å². The van der Waals surface area contributed by atoms with Crippen molar-refractivity contribution in [3.8, 4) is 0 Å². The summed E-state index contributed by atoms with van der Waals surface area (Å²) < 4.78 is 23.9. The average molecular weight is 324 g/mol. The molecular weight excluding hydrogens is 301 g/mol. The Labute approximate surface area is 135 Å². The van der Waals surface area contributed by atoms with Gasteiger partial charge in [-0.2, -0.15) is 0 Å². The van der Waals surface area contributed by atoms with Crippen LogP contribution in [0, 0.1) is 5.82 Å². The third-order valence-corrected chi connectivity index (χ3v) is 3.68. The number of methoxy groups -OCH3 is 1. The molecule has 1 heterocycles. The Kier molecular flexibility index (Phi) is 6.96. The quantitative estimate of drug-likeness (QED) is 0.450. The second-order valence-corrected chi connectivity index (χ2v) is 5.29. The van der Waals surface area contributed by atoms with E-state index in [0.29, 0.717) is 6.54 Å². The summed E-state index contributed by atoms with van der Waals surface area (Å²) in [6, 6.07) is 5.90. The second kappa shape index (κ2) is 9.22. The number of carbonyl (C=O) groups is 1. The second-order valence-electron chi connectivity index (χ2n) is 5.29. The summed E-state index contributed by atoms with van der Waals surface area (Å²) >= 11 is 0. The summed E-state index contributed by atoms with van der Waals surface area (Å²) in [6.45, 7) is 5.20. The van der Waals surface area contributed by atoms with Gasteiger partial charge >= 0.3 is 0 Å². The highest BCUT2D eigenvalue weighted by Gasteiger charge is 2.14. The molecule has 1 aliphatic heterocycles. The smallest absolute Gasteiger partial charge is 0.291 e. The zero-order valence-corrected chi connectivity index (χ0v) is 13.3. The largest absolute Gasteiger partial charge is 0.468 e. The van der Waals surface area contributed by atoms with Gasteiger partial charge in [0, 0.05) is 13.0 Å². The zero-order valence-electron chi connectivity index (χ0n) is 13.3. The van der Waals surface area contributed by atoms with E-state index in [1.54, 1.807) is 6.07 Å². The number of nitrogens with zero attached hydrogens (tertiary/aromatic N) is 1. The van der Waals surface area contributed by atoms with E-state index in [2.05, 4.69) is 10.3 Å². The number of carbonyl (C=O) groups excluding carboxylic acids is 1. The van der Waals surface area contributed by atoms with Crippen molar-refractivity contribution >= 4 is 11.9 Å². The number of aliphatic imine (C=N–C) groups is 1. The summed E-state index contributed by atoms with van der Waals surface area (Å²) in [5.74, 6) is -1.14. The topological polar surface area (TPSA) is 64.4 Å². The highest BCUT2D eigenvalue weighted by molar-refractivity contribution is 6.04. The first-order chi connectivity index (χ1) is 11.2. The van der Waals surface area contributed by atoms with Crippen LogP contribution in [0.2, 0.25) is 0 Å². The molecule has 0 aliphatic carbocycles. The maximum absolute atomic E-state index is 13.6. The lowest BCUT2D eigenvalue weighted by atomic mass is 10.2. The molecule has 126 valence electrons. The SMILES string of the molecule is COC(=NCCC[NH+]1CCOCC1)NC(=O)c1ccccc1F. The summed E-state index contributed by atoms with van der Waals surface area (Å²) in [6.07, 6.45) is 0.887. The van der Waals surface area contributed by atoms with Gasteiger partial charge in [-0.15, -0.1) is 0 Å². The molecule has 1 saturated heterocycles.